The lowest BCUT2D eigenvalue weighted by molar-refractivity contribution is -0.135. The van der Waals surface area contributed by atoms with Gasteiger partial charge in [-0.15, -0.1) is 12.4 Å². The van der Waals surface area contributed by atoms with Crippen molar-refractivity contribution in [3.05, 3.63) is 35.2 Å². The van der Waals surface area contributed by atoms with Gasteiger partial charge in [0.1, 0.15) is 0 Å². The van der Waals surface area contributed by atoms with Crippen LogP contribution in [0.4, 0.5) is 0 Å². The number of hydrogen-bond donors (Lipinski definition) is 1. The van der Waals surface area contributed by atoms with E-state index in [1.165, 1.54) is 0 Å². The molecular formula is C19H27Cl2N5O2. The van der Waals surface area contributed by atoms with Crippen LogP contribution >= 0.6 is 24.0 Å². The summed E-state index contributed by atoms with van der Waals surface area (Å²) in [5, 5.41) is 4.71. The van der Waals surface area contributed by atoms with E-state index < -0.39 is 6.04 Å². The van der Waals surface area contributed by atoms with Crippen molar-refractivity contribution in [2.45, 2.75) is 32.9 Å². The van der Waals surface area contributed by atoms with E-state index in [4.69, 9.17) is 21.9 Å². The molecule has 0 spiro atoms. The lowest BCUT2D eigenvalue weighted by Gasteiger charge is -2.36. The quantitative estimate of drug-likeness (QED) is 0.761. The minimum Gasteiger partial charge on any atom is -0.339 e. The van der Waals surface area contributed by atoms with E-state index in [1.807, 2.05) is 24.0 Å². The van der Waals surface area contributed by atoms with Crippen molar-refractivity contribution in [3.63, 3.8) is 0 Å². The number of carbonyl (C=O) groups is 1. The summed E-state index contributed by atoms with van der Waals surface area (Å²) in [7, 11) is 0. The van der Waals surface area contributed by atoms with Crippen LogP contribution in [0.15, 0.2) is 28.8 Å². The van der Waals surface area contributed by atoms with Crippen LogP contribution in [-0.2, 0) is 11.3 Å². The highest BCUT2D eigenvalue weighted by molar-refractivity contribution is 6.30. The van der Waals surface area contributed by atoms with Gasteiger partial charge in [-0.3, -0.25) is 9.69 Å². The maximum absolute atomic E-state index is 12.5. The Kier molecular flexibility index (Phi) is 8.24. The Bertz CT molecular complexity index is 760. The van der Waals surface area contributed by atoms with Gasteiger partial charge in [0.2, 0.25) is 17.6 Å². The number of piperazine rings is 1. The Morgan fingerprint density at radius 2 is 1.89 bits per heavy atom. The monoisotopic (exact) mass is 427 g/mol. The van der Waals surface area contributed by atoms with Gasteiger partial charge >= 0.3 is 0 Å². The Morgan fingerprint density at radius 3 is 2.50 bits per heavy atom. The molecule has 1 aliphatic heterocycles. The number of benzene rings is 1. The van der Waals surface area contributed by atoms with Gasteiger partial charge in [-0.1, -0.05) is 37.0 Å². The van der Waals surface area contributed by atoms with Crippen molar-refractivity contribution in [2.75, 3.05) is 26.2 Å². The molecule has 3 rings (SSSR count). The molecular weight excluding hydrogens is 401 g/mol. The fourth-order valence-corrected chi connectivity index (χ4v) is 3.19. The van der Waals surface area contributed by atoms with Crippen LogP contribution in [0.5, 0.6) is 0 Å². The molecule has 1 aromatic carbocycles. The lowest BCUT2D eigenvalue weighted by atomic mass is 9.98. The van der Waals surface area contributed by atoms with Crippen molar-refractivity contribution >= 4 is 29.9 Å². The first-order chi connectivity index (χ1) is 13.0. The van der Waals surface area contributed by atoms with Crippen LogP contribution in [0.25, 0.3) is 11.4 Å². The maximum atomic E-state index is 12.5. The number of hydrogen-bond acceptors (Lipinski definition) is 6. The van der Waals surface area contributed by atoms with Gasteiger partial charge in [-0.25, -0.2) is 0 Å². The van der Waals surface area contributed by atoms with Crippen LogP contribution in [0.1, 0.15) is 26.2 Å². The molecule has 2 atom stereocenters. The minimum atomic E-state index is -0.417. The zero-order valence-corrected chi connectivity index (χ0v) is 17.7. The topological polar surface area (TPSA) is 88.5 Å². The van der Waals surface area contributed by atoms with E-state index in [1.54, 1.807) is 12.1 Å². The first-order valence-electron chi connectivity index (χ1n) is 9.33. The number of carbonyl (C=O) groups excluding carboxylic acids is 1. The Hall–Kier alpha value is -1.67. The van der Waals surface area contributed by atoms with Crippen molar-refractivity contribution in [2.24, 2.45) is 11.7 Å². The fourth-order valence-electron chi connectivity index (χ4n) is 3.06. The van der Waals surface area contributed by atoms with Gasteiger partial charge in [0.25, 0.3) is 0 Å². The maximum Gasteiger partial charge on any atom is 0.241 e. The lowest BCUT2D eigenvalue weighted by Crippen LogP contribution is -2.54. The zero-order valence-electron chi connectivity index (χ0n) is 16.2. The van der Waals surface area contributed by atoms with E-state index in [-0.39, 0.29) is 24.2 Å². The van der Waals surface area contributed by atoms with E-state index in [0.717, 1.165) is 25.1 Å². The molecule has 1 amide bonds. The van der Waals surface area contributed by atoms with Crippen LogP contribution in [0.2, 0.25) is 5.02 Å². The summed E-state index contributed by atoms with van der Waals surface area (Å²) in [4.78, 5) is 21.0. The second kappa shape index (κ2) is 10.2. The molecule has 1 saturated heterocycles. The largest absolute Gasteiger partial charge is 0.339 e. The molecule has 2 heterocycles. The number of aromatic nitrogens is 2. The Morgan fingerprint density at radius 1 is 1.25 bits per heavy atom. The molecule has 28 heavy (non-hydrogen) atoms. The highest BCUT2D eigenvalue weighted by Gasteiger charge is 2.28. The molecule has 154 valence electrons. The molecule has 0 bridgehead atoms. The second-order valence-electron chi connectivity index (χ2n) is 7.03. The molecule has 0 saturated carbocycles. The zero-order chi connectivity index (χ0) is 19.4. The molecule has 0 aliphatic carbocycles. The third-order valence-electron chi connectivity index (χ3n) is 5.16. The Labute approximate surface area is 176 Å². The number of amides is 1. The van der Waals surface area contributed by atoms with Crippen molar-refractivity contribution in [1.29, 1.82) is 0 Å². The first-order valence-corrected chi connectivity index (χ1v) is 9.71. The average Bonchev–Trinajstić information content (AvgIpc) is 3.15. The third-order valence-corrected chi connectivity index (χ3v) is 5.41. The van der Waals surface area contributed by atoms with Gasteiger partial charge in [0, 0.05) is 36.8 Å². The summed E-state index contributed by atoms with van der Waals surface area (Å²) in [6.07, 6.45) is 0.903. The van der Waals surface area contributed by atoms with Gasteiger partial charge in [0.15, 0.2) is 0 Å². The van der Waals surface area contributed by atoms with E-state index in [9.17, 15) is 4.79 Å². The molecule has 7 nitrogen and oxygen atoms in total. The molecule has 1 aliphatic rings. The Balaban J connectivity index is 0.00000280. The van der Waals surface area contributed by atoms with Crippen LogP contribution in [-0.4, -0.2) is 58.1 Å². The minimum absolute atomic E-state index is 0. The molecule has 9 heteroatoms. The SMILES string of the molecule is CCC(C)C(N)C(=O)N1CCN(Cc2nc(-c3ccc(Cl)cc3)no2)CC1.Cl. The molecule has 2 N–H and O–H groups in total. The van der Waals surface area contributed by atoms with E-state index >= 15 is 0 Å². The van der Waals surface area contributed by atoms with Crippen molar-refractivity contribution in [3.8, 4) is 11.4 Å². The van der Waals surface area contributed by atoms with Gasteiger partial charge in [-0.05, 0) is 30.2 Å². The van der Waals surface area contributed by atoms with Crippen LogP contribution in [0.3, 0.4) is 0 Å². The molecule has 2 unspecified atom stereocenters. The first kappa shape index (κ1) is 22.6. The number of nitrogens with zero attached hydrogens (tertiary/aromatic N) is 4. The summed E-state index contributed by atoms with van der Waals surface area (Å²) in [6, 6.07) is 6.91. The highest BCUT2D eigenvalue weighted by Crippen LogP contribution is 2.19. The van der Waals surface area contributed by atoms with E-state index in [2.05, 4.69) is 22.0 Å². The van der Waals surface area contributed by atoms with Crippen molar-refractivity contribution < 1.29 is 9.32 Å². The van der Waals surface area contributed by atoms with Crippen LogP contribution < -0.4 is 5.73 Å². The highest BCUT2D eigenvalue weighted by atomic mass is 35.5. The molecule has 0 radical (unpaired) electrons. The van der Waals surface area contributed by atoms with Crippen molar-refractivity contribution in [1.82, 2.24) is 19.9 Å². The number of nitrogens with two attached hydrogens (primary N) is 1. The van der Waals surface area contributed by atoms with E-state index in [0.29, 0.717) is 36.4 Å². The van der Waals surface area contributed by atoms with Gasteiger partial charge in [-0.2, -0.15) is 4.98 Å². The molecule has 1 aromatic heterocycles. The summed E-state index contributed by atoms with van der Waals surface area (Å²) in [5.74, 6) is 1.36. The number of rotatable bonds is 6. The summed E-state index contributed by atoms with van der Waals surface area (Å²) >= 11 is 5.91. The molecule has 2 aromatic rings. The predicted molar refractivity (Wildman–Crippen MR) is 111 cm³/mol. The summed E-state index contributed by atoms with van der Waals surface area (Å²) < 4.78 is 5.37. The second-order valence-corrected chi connectivity index (χ2v) is 7.47. The predicted octanol–water partition coefficient (Wildman–Crippen LogP) is 2.83. The normalized spacial score (nSPS) is 17.1. The van der Waals surface area contributed by atoms with Crippen LogP contribution in [0, 0.1) is 5.92 Å². The molecule has 1 fully saturated rings. The smallest absolute Gasteiger partial charge is 0.241 e. The average molecular weight is 428 g/mol. The standard InChI is InChI=1S/C19H26ClN5O2.ClH/c1-3-13(2)17(21)19(26)25-10-8-24(9-11-25)12-16-22-18(23-27-16)14-4-6-15(20)7-5-14;/h4-7,13,17H,3,8-12,21H2,1-2H3;1H. The number of halogens is 2. The fraction of sp³-hybridized carbons (Fsp3) is 0.526. The van der Waals surface area contributed by atoms with Gasteiger partial charge in [0.05, 0.1) is 12.6 Å². The summed E-state index contributed by atoms with van der Waals surface area (Å²) in [5.41, 5.74) is 6.95. The summed E-state index contributed by atoms with van der Waals surface area (Å²) in [6.45, 7) is 7.50. The third kappa shape index (κ3) is 5.44. The van der Waals surface area contributed by atoms with Gasteiger partial charge < -0.3 is 15.2 Å².